The number of carbonyl (C=O) groups excluding carboxylic acids is 1. The van der Waals surface area contributed by atoms with Gasteiger partial charge in [-0.2, -0.15) is 0 Å². The van der Waals surface area contributed by atoms with Crippen molar-refractivity contribution in [3.05, 3.63) is 53.2 Å². The highest BCUT2D eigenvalue weighted by Crippen LogP contribution is 2.19. The van der Waals surface area contributed by atoms with Crippen molar-refractivity contribution in [2.75, 3.05) is 36.9 Å². The van der Waals surface area contributed by atoms with Gasteiger partial charge in [0.15, 0.2) is 0 Å². The predicted octanol–water partition coefficient (Wildman–Crippen LogP) is 2.58. The summed E-state index contributed by atoms with van der Waals surface area (Å²) >= 11 is 0. The lowest BCUT2D eigenvalue weighted by atomic mass is 10.1. The summed E-state index contributed by atoms with van der Waals surface area (Å²) in [5.74, 6) is 0.780. The van der Waals surface area contributed by atoms with E-state index in [2.05, 4.69) is 15.2 Å². The molecule has 0 radical (unpaired) electrons. The third-order valence-electron chi connectivity index (χ3n) is 4.12. The molecule has 1 aromatic heterocycles. The van der Waals surface area contributed by atoms with Gasteiger partial charge < -0.3 is 20.7 Å². The van der Waals surface area contributed by atoms with Gasteiger partial charge in [-0.1, -0.05) is 12.1 Å². The van der Waals surface area contributed by atoms with Gasteiger partial charge in [-0.15, -0.1) is 24.8 Å². The minimum atomic E-state index is -0.128. The van der Waals surface area contributed by atoms with Gasteiger partial charge in [0.2, 0.25) is 0 Å². The van der Waals surface area contributed by atoms with E-state index in [1.54, 1.807) is 18.3 Å². The number of anilines is 2. The van der Waals surface area contributed by atoms with Crippen LogP contribution in [0.1, 0.15) is 21.5 Å². The Bertz CT molecular complexity index is 737. The van der Waals surface area contributed by atoms with Gasteiger partial charge in [0.1, 0.15) is 5.82 Å². The van der Waals surface area contributed by atoms with Crippen LogP contribution in [0.2, 0.25) is 0 Å². The fourth-order valence-electron chi connectivity index (χ4n) is 2.78. The number of nitrogens with zero attached hydrogens (tertiary/aromatic N) is 2. The highest BCUT2D eigenvalue weighted by molar-refractivity contribution is 5.96. The number of hydrogen-bond donors (Lipinski definition) is 2. The third-order valence-corrected chi connectivity index (χ3v) is 4.12. The van der Waals surface area contributed by atoms with Crippen molar-refractivity contribution in [3.8, 4) is 0 Å². The molecule has 2 aromatic rings. The second-order valence-corrected chi connectivity index (χ2v) is 5.84. The first-order valence-corrected chi connectivity index (χ1v) is 8.06. The quantitative estimate of drug-likeness (QED) is 0.773. The Morgan fingerprint density at radius 2 is 2.00 bits per heavy atom. The number of nitrogens with two attached hydrogens (primary N) is 1. The van der Waals surface area contributed by atoms with Crippen molar-refractivity contribution < 1.29 is 9.53 Å². The van der Waals surface area contributed by atoms with Crippen LogP contribution in [0.3, 0.4) is 0 Å². The minimum Gasteiger partial charge on any atom is -0.399 e. The van der Waals surface area contributed by atoms with Crippen LogP contribution in [0.15, 0.2) is 36.5 Å². The van der Waals surface area contributed by atoms with E-state index in [0.717, 1.165) is 30.0 Å². The highest BCUT2D eigenvalue weighted by Gasteiger charge is 2.16. The van der Waals surface area contributed by atoms with Crippen molar-refractivity contribution >= 4 is 42.2 Å². The molecule has 3 rings (SSSR count). The van der Waals surface area contributed by atoms with Crippen LogP contribution in [-0.4, -0.2) is 37.2 Å². The van der Waals surface area contributed by atoms with E-state index in [1.165, 1.54) is 0 Å². The molecule has 2 heterocycles. The number of hydrogen-bond acceptors (Lipinski definition) is 5. The van der Waals surface area contributed by atoms with Crippen LogP contribution in [0.5, 0.6) is 0 Å². The van der Waals surface area contributed by atoms with E-state index in [9.17, 15) is 4.79 Å². The zero-order valence-corrected chi connectivity index (χ0v) is 16.2. The molecule has 0 spiro atoms. The van der Waals surface area contributed by atoms with Crippen LogP contribution in [-0.2, 0) is 11.3 Å². The Hall–Kier alpha value is -2.02. The van der Waals surface area contributed by atoms with Gasteiger partial charge in [0.05, 0.1) is 13.2 Å². The van der Waals surface area contributed by atoms with Crippen LogP contribution in [0.4, 0.5) is 11.5 Å². The fraction of sp³-hybridized carbons (Fsp3) is 0.333. The summed E-state index contributed by atoms with van der Waals surface area (Å²) in [5, 5.41) is 2.97. The molecule has 0 atom stereocenters. The number of nitrogen functional groups attached to an aromatic ring is 1. The summed E-state index contributed by atoms with van der Waals surface area (Å²) < 4.78 is 5.39. The fourth-order valence-corrected chi connectivity index (χ4v) is 2.78. The molecule has 1 saturated heterocycles. The summed E-state index contributed by atoms with van der Waals surface area (Å²) in [6, 6.07) is 9.23. The molecule has 1 aliphatic rings. The van der Waals surface area contributed by atoms with E-state index in [-0.39, 0.29) is 30.7 Å². The summed E-state index contributed by atoms with van der Waals surface area (Å²) in [4.78, 5) is 19.1. The molecule has 0 saturated carbocycles. The number of pyridine rings is 1. The average molecular weight is 399 g/mol. The van der Waals surface area contributed by atoms with E-state index in [0.29, 0.717) is 31.0 Å². The summed E-state index contributed by atoms with van der Waals surface area (Å²) in [7, 11) is 0. The molecule has 0 unspecified atom stereocenters. The lowest BCUT2D eigenvalue weighted by Gasteiger charge is -2.29. The third kappa shape index (κ3) is 5.24. The minimum absolute atomic E-state index is 0. The molecule has 1 aromatic carbocycles. The van der Waals surface area contributed by atoms with Crippen molar-refractivity contribution in [1.29, 1.82) is 0 Å². The second kappa shape index (κ2) is 10.2. The van der Waals surface area contributed by atoms with Gasteiger partial charge in [0.25, 0.3) is 5.91 Å². The molecule has 8 heteroatoms. The molecular formula is C18H24Cl2N4O2. The molecule has 1 amide bonds. The standard InChI is InChI=1S/C18H22N4O2.2ClH/c1-13-4-5-15(19)11-16(13)18(23)21-12-14-3-2-6-20-17(14)22-7-9-24-10-8-22;;/h2-6,11H,7-10,12,19H2,1H3,(H,21,23);2*1H. The van der Waals surface area contributed by atoms with Crippen molar-refractivity contribution in [3.63, 3.8) is 0 Å². The number of ether oxygens (including phenoxy) is 1. The van der Waals surface area contributed by atoms with Gasteiger partial charge in [0, 0.05) is 42.6 Å². The van der Waals surface area contributed by atoms with Crippen molar-refractivity contribution in [2.45, 2.75) is 13.5 Å². The lowest BCUT2D eigenvalue weighted by Crippen LogP contribution is -2.37. The summed E-state index contributed by atoms with van der Waals surface area (Å²) in [6.07, 6.45) is 1.78. The number of benzene rings is 1. The second-order valence-electron chi connectivity index (χ2n) is 5.84. The number of halogens is 2. The van der Waals surface area contributed by atoms with Gasteiger partial charge in [-0.25, -0.2) is 4.98 Å². The Balaban J connectivity index is 0.00000169. The average Bonchev–Trinajstić information content (AvgIpc) is 2.62. The molecule has 26 heavy (non-hydrogen) atoms. The molecule has 1 aliphatic heterocycles. The molecule has 0 aliphatic carbocycles. The summed E-state index contributed by atoms with van der Waals surface area (Å²) in [5.41, 5.74) is 8.87. The molecular weight excluding hydrogens is 375 g/mol. The number of aromatic nitrogens is 1. The van der Waals surface area contributed by atoms with Gasteiger partial charge in [-0.05, 0) is 30.7 Å². The maximum absolute atomic E-state index is 12.5. The van der Waals surface area contributed by atoms with Crippen LogP contribution < -0.4 is 16.0 Å². The van der Waals surface area contributed by atoms with E-state index in [1.807, 2.05) is 25.1 Å². The van der Waals surface area contributed by atoms with Crippen molar-refractivity contribution in [2.24, 2.45) is 0 Å². The zero-order chi connectivity index (χ0) is 16.9. The van der Waals surface area contributed by atoms with Gasteiger partial charge >= 0.3 is 0 Å². The zero-order valence-electron chi connectivity index (χ0n) is 14.6. The van der Waals surface area contributed by atoms with Crippen LogP contribution in [0.25, 0.3) is 0 Å². The Labute approximate surface area is 165 Å². The maximum Gasteiger partial charge on any atom is 0.251 e. The number of carbonyl (C=O) groups is 1. The molecule has 3 N–H and O–H groups in total. The number of rotatable bonds is 4. The Morgan fingerprint density at radius 3 is 2.73 bits per heavy atom. The predicted molar refractivity (Wildman–Crippen MR) is 109 cm³/mol. The highest BCUT2D eigenvalue weighted by atomic mass is 35.5. The first-order chi connectivity index (χ1) is 11.6. The van der Waals surface area contributed by atoms with Crippen LogP contribution >= 0.6 is 24.8 Å². The Kier molecular flexibility index (Phi) is 8.65. The van der Waals surface area contributed by atoms with Gasteiger partial charge in [-0.3, -0.25) is 4.79 Å². The number of nitrogens with one attached hydrogen (secondary N) is 1. The molecule has 6 nitrogen and oxygen atoms in total. The van der Waals surface area contributed by atoms with E-state index < -0.39 is 0 Å². The largest absolute Gasteiger partial charge is 0.399 e. The lowest BCUT2D eigenvalue weighted by molar-refractivity contribution is 0.0950. The smallest absolute Gasteiger partial charge is 0.251 e. The first-order valence-electron chi connectivity index (χ1n) is 8.06. The SMILES string of the molecule is Cc1ccc(N)cc1C(=O)NCc1cccnc1N1CCOCC1.Cl.Cl. The monoisotopic (exact) mass is 398 g/mol. The Morgan fingerprint density at radius 1 is 1.27 bits per heavy atom. The van der Waals surface area contributed by atoms with Crippen molar-refractivity contribution in [1.82, 2.24) is 10.3 Å². The maximum atomic E-state index is 12.5. The van der Waals surface area contributed by atoms with Crippen LogP contribution in [0, 0.1) is 6.92 Å². The molecule has 1 fully saturated rings. The first kappa shape index (κ1) is 22.0. The normalized spacial score (nSPS) is 13.3. The number of morpholine rings is 1. The number of amides is 1. The van der Waals surface area contributed by atoms with E-state index >= 15 is 0 Å². The molecule has 0 bridgehead atoms. The number of aryl methyl sites for hydroxylation is 1. The molecule has 142 valence electrons. The summed E-state index contributed by atoms with van der Waals surface area (Å²) in [6.45, 7) is 5.35. The van der Waals surface area contributed by atoms with E-state index in [4.69, 9.17) is 10.5 Å². The topological polar surface area (TPSA) is 80.5 Å².